The molecule has 2 heterocycles. The minimum Gasteiger partial charge on any atom is -0.494 e. The number of amides is 2. The highest BCUT2D eigenvalue weighted by Gasteiger charge is 2.43. The van der Waals surface area contributed by atoms with Crippen molar-refractivity contribution < 1.29 is 23.5 Å². The highest BCUT2D eigenvalue weighted by Crippen LogP contribution is 2.22. The van der Waals surface area contributed by atoms with Crippen LogP contribution in [-0.4, -0.2) is 51.7 Å². The summed E-state index contributed by atoms with van der Waals surface area (Å²) in [7, 11) is 3.15. The van der Waals surface area contributed by atoms with Crippen LogP contribution in [0.15, 0.2) is 33.6 Å². The fourth-order valence-electron chi connectivity index (χ4n) is 3.03. The number of nitrogens with zero attached hydrogens (tertiary/aromatic N) is 3. The quantitative estimate of drug-likeness (QED) is 0.484. The summed E-state index contributed by atoms with van der Waals surface area (Å²) in [6, 6.07) is 6.13. The van der Waals surface area contributed by atoms with Crippen LogP contribution in [-0.2, 0) is 23.2 Å². The van der Waals surface area contributed by atoms with Crippen molar-refractivity contribution in [3.05, 3.63) is 40.4 Å². The second kappa shape index (κ2) is 8.43. The molecule has 0 saturated carbocycles. The minimum absolute atomic E-state index is 0.0399. The zero-order valence-corrected chi connectivity index (χ0v) is 17.1. The maximum atomic E-state index is 12.6. The molecule has 1 aromatic carbocycles. The number of benzene rings is 1. The molecule has 0 spiro atoms. The molecule has 0 bridgehead atoms. The molecule has 10 nitrogen and oxygen atoms in total. The fraction of sp³-hybridized carbons (Fsp3) is 0.389. The smallest absolute Gasteiger partial charge is 0.431 e. The van der Waals surface area contributed by atoms with Gasteiger partial charge in [-0.15, -0.1) is 0 Å². The maximum Gasteiger partial charge on any atom is 0.431 e. The van der Waals surface area contributed by atoms with Gasteiger partial charge in [-0.1, -0.05) is 4.68 Å². The maximum absolute atomic E-state index is 12.6. The fourth-order valence-corrected chi connectivity index (χ4v) is 3.32. The summed E-state index contributed by atoms with van der Waals surface area (Å²) in [4.78, 5) is 39.9. The number of aromatic amines is 1. The van der Waals surface area contributed by atoms with Crippen LogP contribution in [0.3, 0.4) is 0 Å². The van der Waals surface area contributed by atoms with Gasteiger partial charge in [-0.05, 0) is 48.7 Å². The minimum atomic E-state index is -0.815. The SMILES string of the molecule is CCOc1ccc(NC(=O)CC2C(=O)N(C)C(=S)N2Cc2c(=O)o[nH][n+]2C)cc1. The zero-order chi connectivity index (χ0) is 21.1. The third kappa shape index (κ3) is 4.29. The number of aryl methyl sites for hydroxylation is 1. The number of likely N-dealkylation sites (N-methyl/N-ethyl adjacent to an activating group) is 1. The van der Waals surface area contributed by atoms with Gasteiger partial charge in [0.05, 0.1) is 13.0 Å². The Hall–Kier alpha value is -3.21. The van der Waals surface area contributed by atoms with Gasteiger partial charge in [0.1, 0.15) is 18.3 Å². The number of nitrogens with one attached hydrogen (secondary N) is 2. The van der Waals surface area contributed by atoms with Gasteiger partial charge in [-0.3, -0.25) is 19.0 Å². The first-order valence-corrected chi connectivity index (χ1v) is 9.40. The van der Waals surface area contributed by atoms with Gasteiger partial charge >= 0.3 is 11.3 Å². The van der Waals surface area contributed by atoms with Crippen LogP contribution in [0.5, 0.6) is 5.75 Å². The van der Waals surface area contributed by atoms with Gasteiger partial charge in [0.15, 0.2) is 12.2 Å². The Kier molecular flexibility index (Phi) is 5.97. The predicted octanol–water partition coefficient (Wildman–Crippen LogP) is 0.147. The summed E-state index contributed by atoms with van der Waals surface area (Å²) in [5, 5.41) is 5.43. The van der Waals surface area contributed by atoms with Gasteiger partial charge in [0.2, 0.25) is 5.91 Å². The van der Waals surface area contributed by atoms with Crippen molar-refractivity contribution in [2.75, 3.05) is 19.0 Å². The van der Waals surface area contributed by atoms with Gasteiger partial charge in [0, 0.05) is 12.7 Å². The summed E-state index contributed by atoms with van der Waals surface area (Å²) >= 11 is 5.33. The standard InChI is InChI=1S/C18H21N5O5S/c1-4-27-12-7-5-11(6-8-12)19-15(24)9-13-16(25)21(2)18(29)23(13)10-14-17(26)28-20-22(14)3/h5-8,13H,4,9-10H2,1-3H3,(H-,19,20,24,26)/p+1. The number of thiocarbonyl (C=S) groups is 1. The highest BCUT2D eigenvalue weighted by atomic mass is 32.1. The second-order valence-corrected chi connectivity index (χ2v) is 6.88. The third-order valence-electron chi connectivity index (χ3n) is 4.59. The second-order valence-electron chi connectivity index (χ2n) is 6.52. The monoisotopic (exact) mass is 420 g/mol. The Morgan fingerprint density at radius 2 is 2.03 bits per heavy atom. The van der Waals surface area contributed by atoms with E-state index < -0.39 is 11.7 Å². The van der Waals surface area contributed by atoms with Crippen LogP contribution >= 0.6 is 12.2 Å². The van der Waals surface area contributed by atoms with Crippen molar-refractivity contribution >= 4 is 34.8 Å². The molecule has 11 heteroatoms. The van der Waals surface area contributed by atoms with Crippen molar-refractivity contribution in [3.63, 3.8) is 0 Å². The van der Waals surface area contributed by atoms with Crippen molar-refractivity contribution in [2.45, 2.75) is 25.9 Å². The third-order valence-corrected chi connectivity index (χ3v) is 5.10. The van der Waals surface area contributed by atoms with Crippen molar-refractivity contribution in [3.8, 4) is 5.75 Å². The van der Waals surface area contributed by atoms with Crippen LogP contribution in [0.1, 0.15) is 19.0 Å². The average Bonchev–Trinajstić information content (AvgIpc) is 3.11. The lowest BCUT2D eigenvalue weighted by atomic mass is 10.1. The van der Waals surface area contributed by atoms with Gasteiger partial charge in [-0.25, -0.2) is 4.79 Å². The molecule has 3 rings (SSSR count). The molecule has 29 heavy (non-hydrogen) atoms. The van der Waals surface area contributed by atoms with Crippen LogP contribution in [0, 0.1) is 0 Å². The van der Waals surface area contributed by atoms with E-state index in [0.717, 1.165) is 0 Å². The van der Waals surface area contributed by atoms with Gasteiger partial charge < -0.3 is 15.0 Å². The van der Waals surface area contributed by atoms with E-state index in [9.17, 15) is 14.4 Å². The van der Waals surface area contributed by atoms with Gasteiger partial charge in [-0.2, -0.15) is 0 Å². The lowest BCUT2D eigenvalue weighted by Crippen LogP contribution is -2.44. The van der Waals surface area contributed by atoms with E-state index in [1.54, 1.807) is 43.3 Å². The zero-order valence-electron chi connectivity index (χ0n) is 16.3. The predicted molar refractivity (Wildman–Crippen MR) is 106 cm³/mol. The number of anilines is 1. The highest BCUT2D eigenvalue weighted by molar-refractivity contribution is 7.80. The number of hydrogen-bond acceptors (Lipinski definition) is 6. The number of carbonyl (C=O) groups excluding carboxylic acids is 2. The molecular formula is C18H22N5O5S+. The Morgan fingerprint density at radius 1 is 1.34 bits per heavy atom. The summed E-state index contributed by atoms with van der Waals surface area (Å²) in [5.74, 6) is 0.0494. The molecule has 1 aliphatic rings. The summed E-state index contributed by atoms with van der Waals surface area (Å²) in [6.07, 6.45) is -0.115. The van der Waals surface area contributed by atoms with E-state index in [0.29, 0.717) is 18.0 Å². The van der Waals surface area contributed by atoms with E-state index in [1.807, 2.05) is 6.92 Å². The Bertz CT molecular complexity index is 983. The van der Waals surface area contributed by atoms with E-state index in [1.165, 1.54) is 9.58 Å². The lowest BCUT2D eigenvalue weighted by Gasteiger charge is -2.21. The summed E-state index contributed by atoms with van der Waals surface area (Å²) in [5.41, 5.74) is 0.311. The van der Waals surface area contributed by atoms with E-state index in [4.69, 9.17) is 21.5 Å². The average molecular weight is 420 g/mol. The van der Waals surface area contributed by atoms with Crippen molar-refractivity contribution in [2.24, 2.45) is 7.05 Å². The lowest BCUT2D eigenvalue weighted by molar-refractivity contribution is -0.746. The molecule has 1 aliphatic heterocycles. The molecular weight excluding hydrogens is 398 g/mol. The first-order valence-electron chi connectivity index (χ1n) is 8.99. The number of carbonyl (C=O) groups is 2. The molecule has 1 aromatic heterocycles. The number of hydrogen-bond donors (Lipinski definition) is 2. The molecule has 0 radical (unpaired) electrons. The largest absolute Gasteiger partial charge is 0.494 e. The number of H-pyrrole nitrogens is 1. The van der Waals surface area contributed by atoms with Gasteiger partial charge in [0.25, 0.3) is 5.91 Å². The van der Waals surface area contributed by atoms with Crippen LogP contribution < -0.4 is 20.4 Å². The first kappa shape index (κ1) is 20.5. The molecule has 1 atom stereocenters. The van der Waals surface area contributed by atoms with E-state index >= 15 is 0 Å². The van der Waals surface area contributed by atoms with Crippen LogP contribution in [0.2, 0.25) is 0 Å². The molecule has 1 saturated heterocycles. The number of aromatic nitrogens is 2. The number of ether oxygens (including phenoxy) is 1. The van der Waals surface area contributed by atoms with Crippen LogP contribution in [0.25, 0.3) is 0 Å². The Labute approximate surface area is 172 Å². The first-order chi connectivity index (χ1) is 13.8. The topological polar surface area (TPSA) is 112 Å². The van der Waals surface area contributed by atoms with Crippen LogP contribution in [0.4, 0.5) is 5.69 Å². The molecule has 1 fully saturated rings. The van der Waals surface area contributed by atoms with Crippen molar-refractivity contribution in [1.29, 1.82) is 0 Å². The van der Waals surface area contributed by atoms with E-state index in [-0.39, 0.29) is 35.6 Å². The van der Waals surface area contributed by atoms with Crippen molar-refractivity contribution in [1.82, 2.24) is 15.1 Å². The molecule has 2 aromatic rings. The normalized spacial score (nSPS) is 16.4. The molecule has 1 unspecified atom stereocenters. The summed E-state index contributed by atoms with van der Waals surface area (Å²) in [6.45, 7) is 2.48. The molecule has 2 N–H and O–H groups in total. The molecule has 154 valence electrons. The molecule has 2 amide bonds. The Balaban J connectivity index is 1.72. The summed E-state index contributed by atoms with van der Waals surface area (Å²) < 4.78 is 11.5. The number of rotatable bonds is 7. The molecule has 0 aliphatic carbocycles. The van der Waals surface area contributed by atoms with E-state index in [2.05, 4.69) is 10.6 Å². The Morgan fingerprint density at radius 3 is 2.62 bits per heavy atom.